The first kappa shape index (κ1) is 11.8. The second-order valence-electron chi connectivity index (χ2n) is 4.07. The predicted molar refractivity (Wildman–Crippen MR) is 63.0 cm³/mol. The Morgan fingerprint density at radius 3 is 2.29 bits per heavy atom. The zero-order valence-electron chi connectivity index (χ0n) is 10.2. The maximum absolute atomic E-state index is 10.7. The Bertz CT molecular complexity index is 428. The molecule has 0 aliphatic heterocycles. The van der Waals surface area contributed by atoms with Gasteiger partial charge in [0.2, 0.25) is 5.75 Å². The van der Waals surface area contributed by atoms with Crippen molar-refractivity contribution in [2.45, 2.75) is 12.3 Å². The number of benzene rings is 1. The molecule has 1 aliphatic carbocycles. The lowest BCUT2D eigenvalue weighted by atomic mass is 10.1. The van der Waals surface area contributed by atoms with Crippen molar-refractivity contribution in [3.05, 3.63) is 17.7 Å². The van der Waals surface area contributed by atoms with Crippen molar-refractivity contribution in [1.82, 2.24) is 0 Å². The highest BCUT2D eigenvalue weighted by Crippen LogP contribution is 2.53. The van der Waals surface area contributed by atoms with Crippen LogP contribution in [0.15, 0.2) is 12.1 Å². The Labute approximate surface area is 100 Å². The fourth-order valence-electron chi connectivity index (χ4n) is 2.14. The van der Waals surface area contributed by atoms with E-state index in [1.807, 2.05) is 12.1 Å². The Morgan fingerprint density at radius 2 is 1.82 bits per heavy atom. The Hall–Kier alpha value is -1.71. The molecule has 1 aromatic carbocycles. The molecule has 4 heteroatoms. The van der Waals surface area contributed by atoms with Crippen LogP contribution < -0.4 is 14.2 Å². The van der Waals surface area contributed by atoms with Crippen LogP contribution in [0.4, 0.5) is 0 Å². The van der Waals surface area contributed by atoms with Crippen LogP contribution in [0.3, 0.4) is 0 Å². The van der Waals surface area contributed by atoms with Gasteiger partial charge in [-0.05, 0) is 18.4 Å². The molecule has 0 unspecified atom stereocenters. The smallest absolute Gasteiger partial charge is 0.203 e. The van der Waals surface area contributed by atoms with Gasteiger partial charge >= 0.3 is 0 Å². The van der Waals surface area contributed by atoms with Crippen molar-refractivity contribution in [2.75, 3.05) is 21.3 Å². The molecule has 1 aliphatic rings. The number of hydrogen-bond donors (Lipinski definition) is 0. The fraction of sp³-hybridized carbons (Fsp3) is 0.462. The molecule has 0 spiro atoms. The average molecular weight is 236 g/mol. The second kappa shape index (κ2) is 4.65. The molecule has 1 saturated carbocycles. The molecular formula is C13H16O4. The number of ether oxygens (including phenoxy) is 3. The third kappa shape index (κ3) is 1.95. The topological polar surface area (TPSA) is 44.8 Å². The van der Waals surface area contributed by atoms with Crippen molar-refractivity contribution in [3.63, 3.8) is 0 Å². The number of aldehydes is 1. The van der Waals surface area contributed by atoms with Gasteiger partial charge in [0.1, 0.15) is 6.29 Å². The van der Waals surface area contributed by atoms with Crippen LogP contribution in [0.1, 0.15) is 17.9 Å². The molecule has 0 amide bonds. The molecule has 0 radical (unpaired) electrons. The zero-order valence-corrected chi connectivity index (χ0v) is 10.2. The van der Waals surface area contributed by atoms with E-state index in [-0.39, 0.29) is 11.8 Å². The number of carbonyl (C=O) groups excluding carboxylic acids is 1. The molecule has 1 fully saturated rings. The molecular weight excluding hydrogens is 220 g/mol. The van der Waals surface area contributed by atoms with Crippen LogP contribution in [0, 0.1) is 5.92 Å². The number of methoxy groups -OCH3 is 3. The largest absolute Gasteiger partial charge is 0.493 e. The summed E-state index contributed by atoms with van der Waals surface area (Å²) in [5.41, 5.74) is 1.02. The molecule has 4 nitrogen and oxygen atoms in total. The predicted octanol–water partition coefficient (Wildman–Crippen LogP) is 2.01. The van der Waals surface area contributed by atoms with Crippen molar-refractivity contribution >= 4 is 6.29 Å². The van der Waals surface area contributed by atoms with Gasteiger partial charge in [0.15, 0.2) is 11.5 Å². The van der Waals surface area contributed by atoms with Crippen LogP contribution in [0.25, 0.3) is 0 Å². The lowest BCUT2D eigenvalue weighted by molar-refractivity contribution is -0.108. The average Bonchev–Trinajstić information content (AvgIpc) is 3.15. The molecule has 0 heterocycles. The van der Waals surface area contributed by atoms with Gasteiger partial charge in [0, 0.05) is 11.5 Å². The zero-order chi connectivity index (χ0) is 12.4. The number of hydrogen-bond acceptors (Lipinski definition) is 4. The van der Waals surface area contributed by atoms with Crippen LogP contribution in [-0.4, -0.2) is 27.6 Å². The summed E-state index contributed by atoms with van der Waals surface area (Å²) in [5.74, 6) is 2.26. The van der Waals surface area contributed by atoms with Crippen LogP contribution in [-0.2, 0) is 4.79 Å². The van der Waals surface area contributed by atoms with Gasteiger partial charge in [-0.2, -0.15) is 0 Å². The normalized spacial score (nSPS) is 21.8. The van der Waals surface area contributed by atoms with Crippen molar-refractivity contribution in [3.8, 4) is 17.2 Å². The van der Waals surface area contributed by atoms with Crippen LogP contribution in [0.5, 0.6) is 17.2 Å². The summed E-state index contributed by atoms with van der Waals surface area (Å²) in [7, 11) is 4.76. The van der Waals surface area contributed by atoms with Gasteiger partial charge in [0.25, 0.3) is 0 Å². The fourth-order valence-corrected chi connectivity index (χ4v) is 2.14. The minimum absolute atomic E-state index is 0.113. The first-order valence-corrected chi connectivity index (χ1v) is 5.51. The number of rotatable bonds is 5. The summed E-state index contributed by atoms with van der Waals surface area (Å²) < 4.78 is 15.9. The van der Waals surface area contributed by atoms with E-state index in [1.54, 1.807) is 21.3 Å². The molecule has 0 aromatic heterocycles. The van der Waals surface area contributed by atoms with Crippen molar-refractivity contribution < 1.29 is 19.0 Å². The van der Waals surface area contributed by atoms with Gasteiger partial charge in [-0.1, -0.05) is 6.07 Å². The highest BCUT2D eigenvalue weighted by molar-refractivity contribution is 5.65. The summed E-state index contributed by atoms with van der Waals surface area (Å²) in [4.78, 5) is 10.7. The highest BCUT2D eigenvalue weighted by atomic mass is 16.5. The summed E-state index contributed by atoms with van der Waals surface area (Å²) in [5, 5.41) is 0. The summed E-state index contributed by atoms with van der Waals surface area (Å²) in [6, 6.07) is 3.78. The van der Waals surface area contributed by atoms with E-state index >= 15 is 0 Å². The number of carbonyl (C=O) groups is 1. The Morgan fingerprint density at radius 1 is 1.12 bits per heavy atom. The van der Waals surface area contributed by atoms with Gasteiger partial charge in [0.05, 0.1) is 21.3 Å². The van der Waals surface area contributed by atoms with E-state index in [0.717, 1.165) is 18.3 Å². The van der Waals surface area contributed by atoms with E-state index < -0.39 is 0 Å². The van der Waals surface area contributed by atoms with Gasteiger partial charge in [-0.25, -0.2) is 0 Å². The summed E-state index contributed by atoms with van der Waals surface area (Å²) in [6.07, 6.45) is 1.89. The molecule has 0 saturated heterocycles. The summed E-state index contributed by atoms with van der Waals surface area (Å²) >= 11 is 0. The maximum atomic E-state index is 10.7. The van der Waals surface area contributed by atoms with Crippen LogP contribution in [0.2, 0.25) is 0 Å². The van der Waals surface area contributed by atoms with E-state index in [1.165, 1.54) is 0 Å². The van der Waals surface area contributed by atoms with Gasteiger partial charge < -0.3 is 19.0 Å². The first-order chi connectivity index (χ1) is 8.26. The van der Waals surface area contributed by atoms with Crippen molar-refractivity contribution in [1.29, 1.82) is 0 Å². The van der Waals surface area contributed by atoms with Gasteiger partial charge in [-0.3, -0.25) is 0 Å². The minimum atomic E-state index is 0.113. The molecule has 0 N–H and O–H groups in total. The SMILES string of the molecule is COc1ccc([C@@H]2C[C@@H]2C=O)c(OC)c1OC. The van der Waals surface area contributed by atoms with E-state index in [9.17, 15) is 4.79 Å². The first-order valence-electron chi connectivity index (χ1n) is 5.51. The molecule has 17 heavy (non-hydrogen) atoms. The molecule has 1 aromatic rings. The lowest BCUT2D eigenvalue weighted by Gasteiger charge is -2.15. The third-order valence-electron chi connectivity index (χ3n) is 3.15. The van der Waals surface area contributed by atoms with Crippen LogP contribution >= 0.6 is 0 Å². The molecule has 0 bridgehead atoms. The van der Waals surface area contributed by atoms with Gasteiger partial charge in [-0.15, -0.1) is 0 Å². The second-order valence-corrected chi connectivity index (χ2v) is 4.07. The third-order valence-corrected chi connectivity index (χ3v) is 3.15. The maximum Gasteiger partial charge on any atom is 0.203 e. The summed E-state index contributed by atoms with van der Waals surface area (Å²) in [6.45, 7) is 0. The quantitative estimate of drug-likeness (QED) is 0.734. The Kier molecular flexibility index (Phi) is 3.22. The van der Waals surface area contributed by atoms with E-state index in [4.69, 9.17) is 14.2 Å². The lowest BCUT2D eigenvalue weighted by Crippen LogP contribution is -1.98. The minimum Gasteiger partial charge on any atom is -0.493 e. The standard InChI is InChI=1S/C13H16O4/c1-15-11-5-4-9(10-6-8(10)7-14)12(16-2)13(11)17-3/h4-5,7-8,10H,6H2,1-3H3/t8-,10-/m1/s1. The Balaban J connectivity index is 2.43. The van der Waals surface area contributed by atoms with Crippen molar-refractivity contribution in [2.24, 2.45) is 5.92 Å². The van der Waals surface area contributed by atoms with E-state index in [2.05, 4.69) is 0 Å². The highest BCUT2D eigenvalue weighted by Gasteiger charge is 2.40. The molecule has 2 rings (SSSR count). The monoisotopic (exact) mass is 236 g/mol. The molecule has 92 valence electrons. The molecule has 2 atom stereocenters. The van der Waals surface area contributed by atoms with E-state index in [0.29, 0.717) is 17.2 Å².